The molecule has 0 saturated carbocycles. The minimum Gasteiger partial charge on any atom is -0.479 e. The lowest BCUT2D eigenvalue weighted by Crippen LogP contribution is -2.38. The van der Waals surface area contributed by atoms with Crippen LogP contribution in [0.5, 0.6) is 5.75 Å². The van der Waals surface area contributed by atoms with Crippen molar-refractivity contribution in [3.63, 3.8) is 0 Å². The van der Waals surface area contributed by atoms with Gasteiger partial charge in [-0.2, -0.15) is 0 Å². The van der Waals surface area contributed by atoms with E-state index in [4.69, 9.17) is 10.5 Å². The first kappa shape index (κ1) is 11.8. The highest BCUT2D eigenvalue weighted by molar-refractivity contribution is 5.81. The van der Waals surface area contributed by atoms with E-state index in [0.29, 0.717) is 11.4 Å². The molecule has 17 heavy (non-hydrogen) atoms. The van der Waals surface area contributed by atoms with E-state index in [1.807, 2.05) is 17.0 Å². The van der Waals surface area contributed by atoms with Gasteiger partial charge in [-0.3, -0.25) is 4.79 Å². The van der Waals surface area contributed by atoms with Gasteiger partial charge in [0.2, 0.25) is 0 Å². The molecule has 1 aliphatic heterocycles. The van der Waals surface area contributed by atoms with Crippen molar-refractivity contribution < 1.29 is 9.53 Å². The van der Waals surface area contributed by atoms with Gasteiger partial charge in [-0.15, -0.1) is 0 Å². The van der Waals surface area contributed by atoms with Crippen LogP contribution in [-0.2, 0) is 4.79 Å². The fourth-order valence-electron chi connectivity index (χ4n) is 2.02. The van der Waals surface area contributed by atoms with Gasteiger partial charge in [0.1, 0.15) is 5.75 Å². The number of nitrogens with two attached hydrogens (primary N) is 1. The zero-order chi connectivity index (χ0) is 12.3. The van der Waals surface area contributed by atoms with E-state index in [1.165, 1.54) is 0 Å². The number of carbonyl (C=O) groups is 1. The Morgan fingerprint density at radius 3 is 2.65 bits per heavy atom. The average molecular weight is 234 g/mol. The van der Waals surface area contributed by atoms with Crippen LogP contribution in [0.1, 0.15) is 19.8 Å². The summed E-state index contributed by atoms with van der Waals surface area (Å²) in [7, 11) is 0. The molecule has 1 aromatic carbocycles. The monoisotopic (exact) mass is 234 g/mol. The first-order chi connectivity index (χ1) is 8.18. The maximum absolute atomic E-state index is 12.0. The van der Waals surface area contributed by atoms with E-state index in [-0.39, 0.29) is 5.91 Å². The quantitative estimate of drug-likeness (QED) is 0.809. The molecule has 0 aliphatic carbocycles. The lowest BCUT2D eigenvalue weighted by atomic mass is 10.3. The molecule has 4 nitrogen and oxygen atoms in total. The summed E-state index contributed by atoms with van der Waals surface area (Å²) in [6.07, 6.45) is 1.70. The van der Waals surface area contributed by atoms with Gasteiger partial charge < -0.3 is 15.4 Å². The SMILES string of the molecule is CC(Oc1ccccc1N)C(=O)N1CCCC1. The summed E-state index contributed by atoms with van der Waals surface area (Å²) < 4.78 is 5.60. The van der Waals surface area contributed by atoms with Gasteiger partial charge in [0.15, 0.2) is 6.10 Å². The van der Waals surface area contributed by atoms with E-state index >= 15 is 0 Å². The van der Waals surface area contributed by atoms with Gasteiger partial charge in [-0.1, -0.05) is 12.1 Å². The zero-order valence-electron chi connectivity index (χ0n) is 10.1. The van der Waals surface area contributed by atoms with E-state index in [1.54, 1.807) is 19.1 Å². The fraction of sp³-hybridized carbons (Fsp3) is 0.462. The van der Waals surface area contributed by atoms with E-state index in [0.717, 1.165) is 25.9 Å². The van der Waals surface area contributed by atoms with Crippen LogP contribution in [0.4, 0.5) is 5.69 Å². The van der Waals surface area contributed by atoms with Crippen LogP contribution in [-0.4, -0.2) is 30.0 Å². The number of amides is 1. The van der Waals surface area contributed by atoms with Crippen LogP contribution in [0.25, 0.3) is 0 Å². The number of anilines is 1. The number of para-hydroxylation sites is 2. The lowest BCUT2D eigenvalue weighted by molar-refractivity contribution is -0.136. The Bertz CT molecular complexity index is 400. The summed E-state index contributed by atoms with van der Waals surface area (Å²) in [5, 5.41) is 0. The number of hydrogen-bond donors (Lipinski definition) is 1. The molecule has 1 unspecified atom stereocenters. The van der Waals surface area contributed by atoms with Crippen molar-refractivity contribution in [2.24, 2.45) is 0 Å². The highest BCUT2D eigenvalue weighted by atomic mass is 16.5. The molecular weight excluding hydrogens is 216 g/mol. The largest absolute Gasteiger partial charge is 0.479 e. The predicted molar refractivity (Wildman–Crippen MR) is 66.8 cm³/mol. The predicted octanol–water partition coefficient (Wildman–Crippen LogP) is 1.66. The van der Waals surface area contributed by atoms with Crippen LogP contribution in [0.15, 0.2) is 24.3 Å². The van der Waals surface area contributed by atoms with Crippen molar-refractivity contribution in [2.75, 3.05) is 18.8 Å². The molecular formula is C13H18N2O2. The van der Waals surface area contributed by atoms with Gasteiger partial charge in [-0.25, -0.2) is 0 Å². The summed E-state index contributed by atoms with van der Waals surface area (Å²) in [5.41, 5.74) is 6.34. The number of hydrogen-bond acceptors (Lipinski definition) is 3. The summed E-state index contributed by atoms with van der Waals surface area (Å²) in [6, 6.07) is 7.24. The second-order valence-corrected chi connectivity index (χ2v) is 4.33. The van der Waals surface area contributed by atoms with Crippen LogP contribution < -0.4 is 10.5 Å². The number of likely N-dealkylation sites (tertiary alicyclic amines) is 1. The van der Waals surface area contributed by atoms with Crippen LogP contribution in [0.3, 0.4) is 0 Å². The Kier molecular flexibility index (Phi) is 3.52. The Morgan fingerprint density at radius 1 is 1.35 bits per heavy atom. The standard InChI is InChI=1S/C13H18N2O2/c1-10(13(16)15-8-4-5-9-15)17-12-7-3-2-6-11(12)14/h2-3,6-7,10H,4-5,8-9,14H2,1H3. The molecule has 0 radical (unpaired) electrons. The van der Waals surface area contributed by atoms with Gasteiger partial charge in [0, 0.05) is 13.1 Å². The van der Waals surface area contributed by atoms with E-state index < -0.39 is 6.10 Å². The third kappa shape index (κ3) is 2.70. The Morgan fingerprint density at radius 2 is 2.00 bits per heavy atom. The number of nitrogen functional groups attached to an aromatic ring is 1. The maximum Gasteiger partial charge on any atom is 0.263 e. The smallest absolute Gasteiger partial charge is 0.263 e. The molecule has 1 atom stereocenters. The molecule has 1 saturated heterocycles. The van der Waals surface area contributed by atoms with Crippen molar-refractivity contribution in [3.05, 3.63) is 24.3 Å². The summed E-state index contributed by atoms with van der Waals surface area (Å²) >= 11 is 0. The van der Waals surface area contributed by atoms with Gasteiger partial charge in [0.25, 0.3) is 5.91 Å². The molecule has 1 aliphatic rings. The normalized spacial score (nSPS) is 16.9. The molecule has 4 heteroatoms. The number of nitrogens with zero attached hydrogens (tertiary/aromatic N) is 1. The summed E-state index contributed by atoms with van der Waals surface area (Å²) in [5.74, 6) is 0.623. The van der Waals surface area contributed by atoms with Gasteiger partial charge in [0.05, 0.1) is 5.69 Å². The van der Waals surface area contributed by atoms with Crippen LogP contribution in [0.2, 0.25) is 0 Å². The second kappa shape index (κ2) is 5.08. The third-order valence-electron chi connectivity index (χ3n) is 2.99. The lowest BCUT2D eigenvalue weighted by Gasteiger charge is -2.21. The molecule has 0 bridgehead atoms. The zero-order valence-corrected chi connectivity index (χ0v) is 10.1. The maximum atomic E-state index is 12.0. The average Bonchev–Trinajstić information content (AvgIpc) is 2.84. The van der Waals surface area contributed by atoms with E-state index in [2.05, 4.69) is 0 Å². The molecule has 1 fully saturated rings. The molecule has 1 aromatic rings. The number of carbonyl (C=O) groups excluding carboxylic acids is 1. The molecule has 92 valence electrons. The molecule has 0 aromatic heterocycles. The van der Waals surface area contributed by atoms with Crippen molar-refractivity contribution in [1.29, 1.82) is 0 Å². The van der Waals surface area contributed by atoms with Crippen LogP contribution in [0, 0.1) is 0 Å². The highest BCUT2D eigenvalue weighted by Gasteiger charge is 2.24. The van der Waals surface area contributed by atoms with E-state index in [9.17, 15) is 4.79 Å². The molecule has 1 heterocycles. The van der Waals surface area contributed by atoms with Crippen molar-refractivity contribution >= 4 is 11.6 Å². The Balaban J connectivity index is 1.99. The van der Waals surface area contributed by atoms with Crippen LogP contribution >= 0.6 is 0 Å². The topological polar surface area (TPSA) is 55.6 Å². The number of ether oxygens (including phenoxy) is 1. The van der Waals surface area contributed by atoms with Gasteiger partial charge >= 0.3 is 0 Å². The van der Waals surface area contributed by atoms with Crippen molar-refractivity contribution in [1.82, 2.24) is 4.90 Å². The molecule has 2 rings (SSSR count). The fourth-order valence-corrected chi connectivity index (χ4v) is 2.02. The molecule has 0 spiro atoms. The highest BCUT2D eigenvalue weighted by Crippen LogP contribution is 2.22. The minimum atomic E-state index is -0.474. The van der Waals surface area contributed by atoms with Crippen molar-refractivity contribution in [2.45, 2.75) is 25.9 Å². The minimum absolute atomic E-state index is 0.0470. The first-order valence-electron chi connectivity index (χ1n) is 5.98. The number of benzene rings is 1. The summed E-state index contributed by atoms with van der Waals surface area (Å²) in [6.45, 7) is 3.46. The van der Waals surface area contributed by atoms with Gasteiger partial charge in [-0.05, 0) is 31.9 Å². The number of rotatable bonds is 3. The Labute approximate surface area is 101 Å². The molecule has 2 N–H and O–H groups in total. The first-order valence-corrected chi connectivity index (χ1v) is 5.98. The molecule has 1 amide bonds. The van der Waals surface area contributed by atoms with Crippen molar-refractivity contribution in [3.8, 4) is 5.75 Å². The second-order valence-electron chi connectivity index (χ2n) is 4.33. The Hall–Kier alpha value is -1.71. The summed E-state index contributed by atoms with van der Waals surface area (Å²) in [4.78, 5) is 13.9. The third-order valence-corrected chi connectivity index (χ3v) is 2.99.